The molecule has 120 valence electrons. The maximum Gasteiger partial charge on any atom is 0.321 e. The molecule has 0 fully saturated rings. The van der Waals surface area contributed by atoms with Crippen molar-refractivity contribution >= 4 is 27.6 Å². The van der Waals surface area contributed by atoms with Gasteiger partial charge in [0.05, 0.1) is 5.69 Å². The molecule has 0 unspecified atom stereocenters. The highest BCUT2D eigenvalue weighted by Crippen LogP contribution is 2.37. The van der Waals surface area contributed by atoms with E-state index in [-0.39, 0.29) is 6.03 Å². The number of halogens is 1. The molecule has 1 aliphatic rings. The van der Waals surface area contributed by atoms with E-state index in [1.165, 1.54) is 0 Å². The predicted octanol–water partition coefficient (Wildman–Crippen LogP) is 3.88. The van der Waals surface area contributed by atoms with Gasteiger partial charge in [-0.05, 0) is 23.8 Å². The Morgan fingerprint density at radius 2 is 1.96 bits per heavy atom. The molecule has 1 heterocycles. The molecule has 3 rings (SSSR count). The summed E-state index contributed by atoms with van der Waals surface area (Å²) >= 11 is 3.50. The molecular weight excluding hydrogens is 360 g/mol. The minimum atomic E-state index is -0.205. The maximum absolute atomic E-state index is 12.4. The lowest BCUT2D eigenvalue weighted by Gasteiger charge is -2.23. The number of nitrogens with one attached hydrogen (secondary N) is 1. The summed E-state index contributed by atoms with van der Waals surface area (Å²) in [6.45, 7) is 1.50. The number of para-hydroxylation sites is 1. The molecule has 0 spiro atoms. The second-order valence-electron chi connectivity index (χ2n) is 5.21. The summed E-state index contributed by atoms with van der Waals surface area (Å²) in [7, 11) is 1.75. The largest absolute Gasteiger partial charge is 0.486 e. The van der Waals surface area contributed by atoms with Crippen LogP contribution < -0.4 is 14.8 Å². The minimum Gasteiger partial charge on any atom is -0.486 e. The summed E-state index contributed by atoms with van der Waals surface area (Å²) in [5.41, 5.74) is 1.66. The van der Waals surface area contributed by atoms with Gasteiger partial charge in [0.25, 0.3) is 0 Å². The van der Waals surface area contributed by atoms with Crippen molar-refractivity contribution in [2.75, 3.05) is 25.6 Å². The Balaban J connectivity index is 1.71. The number of hydrogen-bond donors (Lipinski definition) is 1. The number of carbonyl (C=O) groups is 1. The molecule has 5 nitrogen and oxygen atoms in total. The van der Waals surface area contributed by atoms with Crippen LogP contribution in [0.1, 0.15) is 5.56 Å². The lowest BCUT2D eigenvalue weighted by atomic mass is 10.2. The van der Waals surface area contributed by atoms with Crippen LogP contribution >= 0.6 is 15.9 Å². The average molecular weight is 377 g/mol. The Hall–Kier alpha value is -2.21. The van der Waals surface area contributed by atoms with Crippen LogP contribution in [-0.2, 0) is 6.54 Å². The number of nitrogens with zero attached hydrogens (tertiary/aromatic N) is 1. The Labute approximate surface area is 143 Å². The fourth-order valence-corrected chi connectivity index (χ4v) is 2.75. The van der Waals surface area contributed by atoms with Gasteiger partial charge in [-0.2, -0.15) is 0 Å². The molecule has 0 saturated heterocycles. The van der Waals surface area contributed by atoms with E-state index in [1.54, 1.807) is 18.0 Å². The Morgan fingerprint density at radius 3 is 2.78 bits per heavy atom. The number of anilines is 1. The van der Waals surface area contributed by atoms with Crippen LogP contribution in [0.25, 0.3) is 0 Å². The van der Waals surface area contributed by atoms with Crippen LogP contribution in [-0.4, -0.2) is 31.2 Å². The van der Waals surface area contributed by atoms with E-state index in [9.17, 15) is 4.79 Å². The summed E-state index contributed by atoms with van der Waals surface area (Å²) in [6.07, 6.45) is 0. The number of benzene rings is 2. The van der Waals surface area contributed by atoms with Crippen LogP contribution in [0.3, 0.4) is 0 Å². The van der Waals surface area contributed by atoms with Crippen molar-refractivity contribution in [2.24, 2.45) is 0 Å². The summed E-state index contributed by atoms with van der Waals surface area (Å²) in [5.74, 6) is 1.24. The first-order valence-corrected chi connectivity index (χ1v) is 8.08. The van der Waals surface area contributed by atoms with E-state index in [4.69, 9.17) is 9.47 Å². The topological polar surface area (TPSA) is 50.8 Å². The van der Waals surface area contributed by atoms with Crippen molar-refractivity contribution in [3.05, 3.63) is 52.5 Å². The first-order chi connectivity index (χ1) is 11.1. The molecule has 0 radical (unpaired) electrons. The van der Waals surface area contributed by atoms with Crippen molar-refractivity contribution in [1.82, 2.24) is 4.90 Å². The molecule has 0 aliphatic carbocycles. The van der Waals surface area contributed by atoms with Crippen molar-refractivity contribution in [1.29, 1.82) is 0 Å². The number of urea groups is 1. The van der Waals surface area contributed by atoms with Gasteiger partial charge >= 0.3 is 6.03 Å². The van der Waals surface area contributed by atoms with E-state index >= 15 is 0 Å². The molecule has 2 aromatic rings. The zero-order chi connectivity index (χ0) is 16.2. The van der Waals surface area contributed by atoms with Gasteiger partial charge in [-0.25, -0.2) is 4.79 Å². The van der Waals surface area contributed by atoms with Gasteiger partial charge in [0.2, 0.25) is 0 Å². The number of carbonyl (C=O) groups excluding carboxylic acids is 1. The molecule has 0 saturated carbocycles. The summed E-state index contributed by atoms with van der Waals surface area (Å²) in [6, 6.07) is 13.1. The fraction of sp³-hybridized carbons (Fsp3) is 0.235. The molecule has 1 aliphatic heterocycles. The zero-order valence-electron chi connectivity index (χ0n) is 12.7. The molecule has 0 atom stereocenters. The second kappa shape index (κ2) is 6.91. The Kier molecular flexibility index (Phi) is 4.71. The molecule has 1 N–H and O–H groups in total. The van der Waals surface area contributed by atoms with Crippen LogP contribution in [0.15, 0.2) is 46.9 Å². The summed E-state index contributed by atoms with van der Waals surface area (Å²) < 4.78 is 12.1. The Morgan fingerprint density at radius 1 is 1.17 bits per heavy atom. The average Bonchev–Trinajstić information content (AvgIpc) is 2.57. The van der Waals surface area contributed by atoms with E-state index in [0.717, 1.165) is 10.0 Å². The zero-order valence-corrected chi connectivity index (χ0v) is 14.3. The van der Waals surface area contributed by atoms with Gasteiger partial charge in [0, 0.05) is 18.1 Å². The van der Waals surface area contributed by atoms with Crippen LogP contribution in [0, 0.1) is 0 Å². The van der Waals surface area contributed by atoms with Crippen LogP contribution in [0.2, 0.25) is 0 Å². The number of rotatable bonds is 3. The summed E-state index contributed by atoms with van der Waals surface area (Å²) in [4.78, 5) is 14.0. The van der Waals surface area contributed by atoms with Gasteiger partial charge in [-0.15, -0.1) is 0 Å². The molecule has 6 heteroatoms. The predicted molar refractivity (Wildman–Crippen MR) is 92.1 cm³/mol. The number of hydrogen-bond acceptors (Lipinski definition) is 3. The lowest BCUT2D eigenvalue weighted by Crippen LogP contribution is -2.31. The fourth-order valence-electron chi connectivity index (χ4n) is 2.34. The highest BCUT2D eigenvalue weighted by Gasteiger charge is 2.18. The minimum absolute atomic E-state index is 0.205. The molecular formula is C17H17BrN2O3. The number of ether oxygens (including phenoxy) is 2. The van der Waals surface area contributed by atoms with Crippen LogP contribution in [0.5, 0.6) is 11.5 Å². The third-order valence-electron chi connectivity index (χ3n) is 3.52. The van der Waals surface area contributed by atoms with Gasteiger partial charge in [0.15, 0.2) is 11.5 Å². The van der Waals surface area contributed by atoms with Gasteiger partial charge in [0.1, 0.15) is 13.2 Å². The molecule has 2 amide bonds. The van der Waals surface area contributed by atoms with Crippen molar-refractivity contribution < 1.29 is 14.3 Å². The van der Waals surface area contributed by atoms with Crippen molar-refractivity contribution in [3.8, 4) is 11.5 Å². The molecule has 2 aromatic carbocycles. The number of amides is 2. The molecule has 0 bridgehead atoms. The van der Waals surface area contributed by atoms with Gasteiger partial charge in [-0.3, -0.25) is 0 Å². The first kappa shape index (κ1) is 15.7. The first-order valence-electron chi connectivity index (χ1n) is 7.29. The van der Waals surface area contributed by atoms with E-state index in [0.29, 0.717) is 36.9 Å². The third kappa shape index (κ3) is 3.59. The number of fused-ring (bicyclic) bond motifs is 1. The SMILES string of the molecule is CN(Cc1ccccc1Br)C(=O)Nc1cccc2c1OCCO2. The Bertz CT molecular complexity index is 721. The highest BCUT2D eigenvalue weighted by atomic mass is 79.9. The standard InChI is InChI=1S/C17H17BrN2O3/c1-20(11-12-5-2-3-6-13(12)18)17(21)19-14-7-4-8-15-16(14)23-10-9-22-15/h2-8H,9-11H2,1H3,(H,19,21). The third-order valence-corrected chi connectivity index (χ3v) is 4.29. The normalized spacial score (nSPS) is 12.6. The van der Waals surface area contributed by atoms with E-state index < -0.39 is 0 Å². The smallest absolute Gasteiger partial charge is 0.321 e. The van der Waals surface area contributed by atoms with E-state index in [1.807, 2.05) is 36.4 Å². The second-order valence-corrected chi connectivity index (χ2v) is 6.06. The van der Waals surface area contributed by atoms with Crippen molar-refractivity contribution in [2.45, 2.75) is 6.54 Å². The van der Waals surface area contributed by atoms with Crippen molar-refractivity contribution in [3.63, 3.8) is 0 Å². The quantitative estimate of drug-likeness (QED) is 0.883. The summed E-state index contributed by atoms with van der Waals surface area (Å²) in [5, 5.41) is 2.88. The van der Waals surface area contributed by atoms with Crippen LogP contribution in [0.4, 0.5) is 10.5 Å². The van der Waals surface area contributed by atoms with Gasteiger partial charge in [-0.1, -0.05) is 40.2 Å². The van der Waals surface area contributed by atoms with E-state index in [2.05, 4.69) is 21.2 Å². The van der Waals surface area contributed by atoms with Gasteiger partial charge < -0.3 is 19.7 Å². The molecule has 23 heavy (non-hydrogen) atoms. The maximum atomic E-state index is 12.4. The lowest BCUT2D eigenvalue weighted by molar-refractivity contribution is 0.172. The molecule has 0 aromatic heterocycles. The monoisotopic (exact) mass is 376 g/mol. The highest BCUT2D eigenvalue weighted by molar-refractivity contribution is 9.10.